The Morgan fingerprint density at radius 1 is 1.12 bits per heavy atom. The Morgan fingerprint density at radius 3 is 2.50 bits per heavy atom. The number of amides is 2. The van der Waals surface area contributed by atoms with Crippen LogP contribution in [0.4, 0.5) is 5.69 Å². The van der Waals surface area contributed by atoms with Crippen molar-refractivity contribution in [3.8, 4) is 5.75 Å². The molecule has 0 radical (unpaired) electrons. The monoisotopic (exact) mass is 350 g/mol. The van der Waals surface area contributed by atoms with Crippen molar-refractivity contribution in [3.63, 3.8) is 0 Å². The Balaban J connectivity index is 1.61. The molecule has 1 fully saturated rings. The first-order valence-electron chi connectivity index (χ1n) is 8.60. The highest BCUT2D eigenvalue weighted by Crippen LogP contribution is 2.25. The van der Waals surface area contributed by atoms with Crippen LogP contribution < -0.4 is 15.4 Å². The van der Waals surface area contributed by atoms with Crippen molar-refractivity contribution in [2.75, 3.05) is 12.4 Å². The number of hydrogen-bond donors (Lipinski definition) is 2. The van der Waals surface area contributed by atoms with E-state index in [2.05, 4.69) is 10.6 Å². The molecule has 1 aliphatic carbocycles. The van der Waals surface area contributed by atoms with Crippen LogP contribution in [0, 0.1) is 6.92 Å². The van der Waals surface area contributed by atoms with Gasteiger partial charge in [0.1, 0.15) is 5.75 Å². The first-order valence-corrected chi connectivity index (χ1v) is 8.60. The highest BCUT2D eigenvalue weighted by atomic mass is 16.5. The summed E-state index contributed by atoms with van der Waals surface area (Å²) in [6, 6.07) is 13.1. The third-order valence-electron chi connectivity index (χ3n) is 4.13. The molecule has 1 aliphatic rings. The van der Waals surface area contributed by atoms with Gasteiger partial charge >= 0.3 is 0 Å². The molecule has 0 aromatic heterocycles. The molecule has 5 nitrogen and oxygen atoms in total. The Hall–Kier alpha value is -3.08. The highest BCUT2D eigenvalue weighted by molar-refractivity contribution is 6.03. The summed E-state index contributed by atoms with van der Waals surface area (Å²) in [5, 5.41) is 5.77. The molecule has 2 aromatic carbocycles. The maximum absolute atomic E-state index is 12.2. The lowest BCUT2D eigenvalue weighted by Crippen LogP contribution is -2.25. The van der Waals surface area contributed by atoms with E-state index in [4.69, 9.17) is 4.74 Å². The van der Waals surface area contributed by atoms with Crippen LogP contribution in [0.25, 0.3) is 6.08 Å². The third-order valence-corrected chi connectivity index (χ3v) is 4.13. The van der Waals surface area contributed by atoms with Crippen LogP contribution in [0.2, 0.25) is 0 Å². The highest BCUT2D eigenvalue weighted by Gasteiger charge is 2.23. The van der Waals surface area contributed by atoms with E-state index in [9.17, 15) is 9.59 Å². The van der Waals surface area contributed by atoms with Gasteiger partial charge in [-0.2, -0.15) is 0 Å². The molecule has 2 aromatic rings. The molecule has 0 spiro atoms. The van der Waals surface area contributed by atoms with Crippen molar-refractivity contribution >= 4 is 23.6 Å². The Labute approximate surface area is 153 Å². The minimum Gasteiger partial charge on any atom is -0.495 e. The quantitative estimate of drug-likeness (QED) is 0.783. The minimum absolute atomic E-state index is 0.0488. The van der Waals surface area contributed by atoms with Crippen LogP contribution in [0.15, 0.2) is 48.5 Å². The van der Waals surface area contributed by atoms with E-state index in [1.165, 1.54) is 6.08 Å². The summed E-state index contributed by atoms with van der Waals surface area (Å²) in [7, 11) is 1.57. The smallest absolute Gasteiger partial charge is 0.251 e. The number of rotatable bonds is 6. The van der Waals surface area contributed by atoms with Gasteiger partial charge in [-0.1, -0.05) is 18.2 Å². The number of aryl methyl sites for hydroxylation is 1. The van der Waals surface area contributed by atoms with Gasteiger partial charge in [0, 0.05) is 17.7 Å². The fourth-order valence-electron chi connectivity index (χ4n) is 2.51. The van der Waals surface area contributed by atoms with Gasteiger partial charge in [0.05, 0.1) is 12.8 Å². The molecule has 0 unspecified atom stereocenters. The second-order valence-electron chi connectivity index (χ2n) is 6.40. The first kappa shape index (κ1) is 17.7. The number of benzene rings is 2. The lowest BCUT2D eigenvalue weighted by molar-refractivity contribution is -0.111. The van der Waals surface area contributed by atoms with Crippen molar-refractivity contribution in [3.05, 3.63) is 65.2 Å². The second kappa shape index (κ2) is 7.87. The van der Waals surface area contributed by atoms with E-state index in [-0.39, 0.29) is 11.8 Å². The summed E-state index contributed by atoms with van der Waals surface area (Å²) >= 11 is 0. The zero-order valence-electron chi connectivity index (χ0n) is 14.9. The van der Waals surface area contributed by atoms with Gasteiger partial charge in [0.2, 0.25) is 5.91 Å². The molecular formula is C21H22N2O3. The Bertz CT molecular complexity index is 837. The van der Waals surface area contributed by atoms with Crippen LogP contribution >= 0.6 is 0 Å². The molecule has 0 saturated heterocycles. The van der Waals surface area contributed by atoms with E-state index < -0.39 is 0 Å². The summed E-state index contributed by atoms with van der Waals surface area (Å²) < 4.78 is 5.25. The van der Waals surface area contributed by atoms with Crippen molar-refractivity contribution in [2.24, 2.45) is 0 Å². The number of methoxy groups -OCH3 is 1. The van der Waals surface area contributed by atoms with Crippen LogP contribution in [-0.2, 0) is 4.79 Å². The summed E-state index contributed by atoms with van der Waals surface area (Å²) in [5.41, 5.74) is 3.14. The number of nitrogens with one attached hydrogen (secondary N) is 2. The summed E-state index contributed by atoms with van der Waals surface area (Å²) in [4.78, 5) is 24.1. The fraction of sp³-hybridized carbons (Fsp3) is 0.238. The molecule has 0 atom stereocenters. The average Bonchev–Trinajstić information content (AvgIpc) is 3.44. The van der Waals surface area contributed by atoms with Gasteiger partial charge in [0.15, 0.2) is 0 Å². The molecule has 0 bridgehead atoms. The van der Waals surface area contributed by atoms with E-state index in [0.717, 1.165) is 24.0 Å². The first-order chi connectivity index (χ1) is 12.5. The van der Waals surface area contributed by atoms with Gasteiger partial charge in [-0.3, -0.25) is 9.59 Å². The minimum atomic E-state index is -0.246. The number of ether oxygens (including phenoxy) is 1. The predicted octanol–water partition coefficient (Wildman–Crippen LogP) is 3.55. The van der Waals surface area contributed by atoms with Crippen LogP contribution in [0.5, 0.6) is 5.75 Å². The molecule has 1 saturated carbocycles. The maximum atomic E-state index is 12.2. The number of anilines is 1. The van der Waals surface area contributed by atoms with Gasteiger partial charge in [-0.05, 0) is 61.2 Å². The molecular weight excluding hydrogens is 328 g/mol. The predicted molar refractivity (Wildman–Crippen MR) is 102 cm³/mol. The van der Waals surface area contributed by atoms with Crippen molar-refractivity contribution in [2.45, 2.75) is 25.8 Å². The average molecular weight is 350 g/mol. The fourth-order valence-corrected chi connectivity index (χ4v) is 2.51. The lowest BCUT2D eigenvalue weighted by atomic mass is 10.1. The Morgan fingerprint density at radius 2 is 1.85 bits per heavy atom. The summed E-state index contributed by atoms with van der Waals surface area (Å²) in [5.74, 6) is 0.320. The molecule has 3 rings (SSSR count). The number of hydrogen-bond acceptors (Lipinski definition) is 3. The molecule has 0 heterocycles. The molecule has 2 N–H and O–H groups in total. The van der Waals surface area contributed by atoms with Gasteiger partial charge in [-0.15, -0.1) is 0 Å². The third kappa shape index (κ3) is 4.72. The van der Waals surface area contributed by atoms with Gasteiger partial charge < -0.3 is 15.4 Å². The molecule has 5 heteroatoms. The zero-order chi connectivity index (χ0) is 18.5. The Kier molecular flexibility index (Phi) is 5.37. The molecule has 0 aliphatic heterocycles. The van der Waals surface area contributed by atoms with Crippen molar-refractivity contribution in [1.82, 2.24) is 5.32 Å². The normalized spacial score (nSPS) is 13.5. The maximum Gasteiger partial charge on any atom is 0.251 e. The van der Waals surface area contributed by atoms with Crippen LogP contribution in [0.1, 0.15) is 34.3 Å². The lowest BCUT2D eigenvalue weighted by Gasteiger charge is -2.09. The van der Waals surface area contributed by atoms with E-state index >= 15 is 0 Å². The molecule has 2 amide bonds. The SMILES string of the molecule is COc1ccc(C)cc1NC(=O)/C=C/c1ccc(C(=O)NC2CC2)cc1. The second-order valence-corrected chi connectivity index (χ2v) is 6.40. The topological polar surface area (TPSA) is 67.4 Å². The van der Waals surface area contributed by atoms with Crippen LogP contribution in [-0.4, -0.2) is 25.0 Å². The van der Waals surface area contributed by atoms with Crippen molar-refractivity contribution < 1.29 is 14.3 Å². The molecule has 134 valence electrons. The molecule has 26 heavy (non-hydrogen) atoms. The van der Waals surface area contributed by atoms with E-state index in [0.29, 0.717) is 23.0 Å². The van der Waals surface area contributed by atoms with E-state index in [1.54, 1.807) is 25.3 Å². The standard InChI is InChI=1S/C21H22N2O3/c1-14-3-11-19(26-2)18(13-14)23-20(24)12-6-15-4-7-16(8-5-15)21(25)22-17-9-10-17/h3-8,11-13,17H,9-10H2,1-2H3,(H,22,25)(H,23,24)/b12-6+. The van der Waals surface area contributed by atoms with Gasteiger partial charge in [-0.25, -0.2) is 0 Å². The number of carbonyl (C=O) groups is 2. The summed E-state index contributed by atoms with van der Waals surface area (Å²) in [6.45, 7) is 1.95. The number of carbonyl (C=O) groups excluding carboxylic acids is 2. The van der Waals surface area contributed by atoms with Crippen LogP contribution in [0.3, 0.4) is 0 Å². The largest absolute Gasteiger partial charge is 0.495 e. The van der Waals surface area contributed by atoms with Crippen molar-refractivity contribution in [1.29, 1.82) is 0 Å². The zero-order valence-corrected chi connectivity index (χ0v) is 14.9. The van der Waals surface area contributed by atoms with Gasteiger partial charge in [0.25, 0.3) is 5.91 Å². The van der Waals surface area contributed by atoms with E-state index in [1.807, 2.05) is 37.3 Å². The summed E-state index contributed by atoms with van der Waals surface area (Å²) in [6.07, 6.45) is 5.29.